The third-order valence-corrected chi connectivity index (χ3v) is 4.54. The zero-order chi connectivity index (χ0) is 17.6. The van der Waals surface area contributed by atoms with Gasteiger partial charge in [-0.15, -0.1) is 6.58 Å². The van der Waals surface area contributed by atoms with Crippen molar-refractivity contribution in [1.82, 2.24) is 10.0 Å². The molecule has 0 bridgehead atoms. The van der Waals surface area contributed by atoms with Crippen LogP contribution in [0.15, 0.2) is 41.8 Å². The van der Waals surface area contributed by atoms with Gasteiger partial charge in [-0.3, -0.25) is 9.59 Å². The standard InChI is InChI=1S/C15H21N3O4S/c1-4-9-17-23(21,22)12-7-5-11(6-8-12)15(20)18-13(10(2)3)14(16)19/h4-8,10,13,17H,1,9H2,2-3H3,(H2,16,19)(H,18,20)/t13-/m1/s1. The van der Waals surface area contributed by atoms with Crippen LogP contribution in [0, 0.1) is 5.92 Å². The Kier molecular flexibility index (Phi) is 6.47. The van der Waals surface area contributed by atoms with Crippen molar-refractivity contribution in [3.63, 3.8) is 0 Å². The molecule has 0 heterocycles. The second-order valence-corrected chi connectivity index (χ2v) is 7.03. The Labute approximate surface area is 136 Å². The van der Waals surface area contributed by atoms with Crippen molar-refractivity contribution in [3.05, 3.63) is 42.5 Å². The lowest BCUT2D eigenvalue weighted by Crippen LogP contribution is -2.47. The van der Waals surface area contributed by atoms with Crippen molar-refractivity contribution in [2.45, 2.75) is 24.8 Å². The summed E-state index contributed by atoms with van der Waals surface area (Å²) in [6.07, 6.45) is 1.43. The van der Waals surface area contributed by atoms with E-state index in [1.807, 2.05) is 0 Å². The first kappa shape index (κ1) is 18.9. The summed E-state index contributed by atoms with van der Waals surface area (Å²) in [6, 6.07) is 4.58. The Morgan fingerprint density at radius 2 is 1.83 bits per heavy atom. The fraction of sp³-hybridized carbons (Fsp3) is 0.333. The molecule has 0 fully saturated rings. The van der Waals surface area contributed by atoms with E-state index in [1.54, 1.807) is 13.8 Å². The van der Waals surface area contributed by atoms with E-state index >= 15 is 0 Å². The summed E-state index contributed by atoms with van der Waals surface area (Å²) < 4.78 is 26.1. The Morgan fingerprint density at radius 1 is 1.26 bits per heavy atom. The molecule has 0 unspecified atom stereocenters. The molecule has 0 aliphatic rings. The number of nitrogens with one attached hydrogen (secondary N) is 2. The van der Waals surface area contributed by atoms with Crippen LogP contribution in [0.25, 0.3) is 0 Å². The average molecular weight is 339 g/mol. The van der Waals surface area contributed by atoms with Crippen LogP contribution in [0.4, 0.5) is 0 Å². The Bertz CT molecular complexity index is 681. The van der Waals surface area contributed by atoms with Gasteiger partial charge in [0.25, 0.3) is 5.91 Å². The highest BCUT2D eigenvalue weighted by Crippen LogP contribution is 2.11. The first-order chi connectivity index (χ1) is 10.7. The number of rotatable bonds is 8. The summed E-state index contributed by atoms with van der Waals surface area (Å²) in [7, 11) is -3.64. The number of carbonyl (C=O) groups excluding carboxylic acids is 2. The molecule has 1 aromatic rings. The van der Waals surface area contributed by atoms with E-state index in [0.29, 0.717) is 0 Å². The Morgan fingerprint density at radius 3 is 2.26 bits per heavy atom. The maximum Gasteiger partial charge on any atom is 0.251 e. The minimum atomic E-state index is -3.64. The van der Waals surface area contributed by atoms with Crippen molar-refractivity contribution in [2.75, 3.05) is 6.54 Å². The highest BCUT2D eigenvalue weighted by Gasteiger charge is 2.22. The van der Waals surface area contributed by atoms with Crippen molar-refractivity contribution in [1.29, 1.82) is 0 Å². The van der Waals surface area contributed by atoms with Gasteiger partial charge < -0.3 is 11.1 Å². The normalized spacial score (nSPS) is 12.7. The minimum Gasteiger partial charge on any atom is -0.368 e. The SMILES string of the molecule is C=CCNS(=O)(=O)c1ccc(C(=O)N[C@@H](C(N)=O)C(C)C)cc1. The number of hydrogen-bond acceptors (Lipinski definition) is 4. The monoisotopic (exact) mass is 339 g/mol. The van der Waals surface area contributed by atoms with Gasteiger partial charge in [0.1, 0.15) is 6.04 Å². The van der Waals surface area contributed by atoms with E-state index in [4.69, 9.17) is 5.73 Å². The van der Waals surface area contributed by atoms with Crippen LogP contribution in [0.1, 0.15) is 24.2 Å². The Balaban J connectivity index is 2.90. The van der Waals surface area contributed by atoms with Crippen molar-refractivity contribution < 1.29 is 18.0 Å². The summed E-state index contributed by atoms with van der Waals surface area (Å²) >= 11 is 0. The van der Waals surface area contributed by atoms with E-state index in [1.165, 1.54) is 30.3 Å². The predicted octanol–water partition coefficient (Wildman–Crippen LogP) is 0.391. The number of amides is 2. The molecule has 0 saturated heterocycles. The highest BCUT2D eigenvalue weighted by atomic mass is 32.2. The number of primary amides is 1. The molecule has 126 valence electrons. The molecule has 1 atom stereocenters. The van der Waals surface area contributed by atoms with Gasteiger partial charge in [0.05, 0.1) is 4.90 Å². The van der Waals surface area contributed by atoms with E-state index in [9.17, 15) is 18.0 Å². The van der Waals surface area contributed by atoms with E-state index in [-0.39, 0.29) is 22.9 Å². The second kappa shape index (κ2) is 7.89. The number of carbonyl (C=O) groups is 2. The van der Waals surface area contributed by atoms with E-state index < -0.39 is 27.9 Å². The van der Waals surface area contributed by atoms with Gasteiger partial charge in [0.15, 0.2) is 0 Å². The maximum absolute atomic E-state index is 12.1. The molecule has 1 rings (SSSR count). The number of nitrogens with two attached hydrogens (primary N) is 1. The number of hydrogen-bond donors (Lipinski definition) is 3. The molecule has 0 saturated carbocycles. The lowest BCUT2D eigenvalue weighted by molar-refractivity contribution is -0.120. The Hall–Kier alpha value is -2.19. The van der Waals surface area contributed by atoms with Gasteiger partial charge in [-0.2, -0.15) is 0 Å². The van der Waals surface area contributed by atoms with E-state index in [2.05, 4.69) is 16.6 Å². The first-order valence-electron chi connectivity index (χ1n) is 7.00. The topological polar surface area (TPSA) is 118 Å². The van der Waals surface area contributed by atoms with Crippen LogP contribution >= 0.6 is 0 Å². The molecule has 8 heteroatoms. The first-order valence-corrected chi connectivity index (χ1v) is 8.48. The van der Waals surface area contributed by atoms with Gasteiger partial charge in [0.2, 0.25) is 15.9 Å². The highest BCUT2D eigenvalue weighted by molar-refractivity contribution is 7.89. The van der Waals surface area contributed by atoms with Crippen molar-refractivity contribution in [2.24, 2.45) is 11.7 Å². The predicted molar refractivity (Wildman–Crippen MR) is 87.1 cm³/mol. The van der Waals surface area contributed by atoms with Crippen LogP contribution in [-0.4, -0.2) is 32.8 Å². The fourth-order valence-electron chi connectivity index (χ4n) is 1.83. The molecule has 0 spiro atoms. The molecule has 0 aromatic heterocycles. The third-order valence-electron chi connectivity index (χ3n) is 3.10. The van der Waals surface area contributed by atoms with Crippen LogP contribution in [-0.2, 0) is 14.8 Å². The van der Waals surface area contributed by atoms with Gasteiger partial charge >= 0.3 is 0 Å². The van der Waals surface area contributed by atoms with Crippen LogP contribution < -0.4 is 15.8 Å². The van der Waals surface area contributed by atoms with Crippen LogP contribution in [0.5, 0.6) is 0 Å². The zero-order valence-corrected chi connectivity index (χ0v) is 13.9. The molecule has 0 aliphatic carbocycles. The summed E-state index contributed by atoms with van der Waals surface area (Å²) in [6.45, 7) is 7.06. The second-order valence-electron chi connectivity index (χ2n) is 5.26. The lowest BCUT2D eigenvalue weighted by atomic mass is 10.0. The summed E-state index contributed by atoms with van der Waals surface area (Å²) in [5.74, 6) is -1.27. The molecular formula is C15H21N3O4S. The van der Waals surface area contributed by atoms with Gasteiger partial charge in [-0.25, -0.2) is 13.1 Å². The summed E-state index contributed by atoms with van der Waals surface area (Å²) in [4.78, 5) is 23.4. The smallest absolute Gasteiger partial charge is 0.251 e. The molecular weight excluding hydrogens is 318 g/mol. The molecule has 0 aliphatic heterocycles. The maximum atomic E-state index is 12.1. The number of benzene rings is 1. The summed E-state index contributed by atoms with van der Waals surface area (Å²) in [5, 5.41) is 2.53. The quantitative estimate of drug-likeness (QED) is 0.594. The largest absolute Gasteiger partial charge is 0.368 e. The molecule has 0 radical (unpaired) electrons. The van der Waals surface area contributed by atoms with Crippen molar-refractivity contribution in [3.8, 4) is 0 Å². The summed E-state index contributed by atoms with van der Waals surface area (Å²) in [5.41, 5.74) is 5.48. The third kappa shape index (κ3) is 5.19. The van der Waals surface area contributed by atoms with Gasteiger partial charge in [0, 0.05) is 12.1 Å². The molecule has 4 N–H and O–H groups in total. The molecule has 1 aromatic carbocycles. The van der Waals surface area contributed by atoms with Crippen molar-refractivity contribution >= 4 is 21.8 Å². The number of sulfonamides is 1. The fourth-order valence-corrected chi connectivity index (χ4v) is 2.83. The minimum absolute atomic E-state index is 0.0335. The van der Waals surface area contributed by atoms with Gasteiger partial charge in [-0.05, 0) is 30.2 Å². The molecule has 7 nitrogen and oxygen atoms in total. The average Bonchev–Trinajstić information content (AvgIpc) is 2.49. The van der Waals surface area contributed by atoms with Crippen LogP contribution in [0.2, 0.25) is 0 Å². The zero-order valence-electron chi connectivity index (χ0n) is 13.1. The van der Waals surface area contributed by atoms with Gasteiger partial charge in [-0.1, -0.05) is 19.9 Å². The molecule has 2 amide bonds. The van der Waals surface area contributed by atoms with E-state index in [0.717, 1.165) is 0 Å². The van der Waals surface area contributed by atoms with Crippen LogP contribution in [0.3, 0.4) is 0 Å². The lowest BCUT2D eigenvalue weighted by Gasteiger charge is -2.18. The molecule has 23 heavy (non-hydrogen) atoms.